The van der Waals surface area contributed by atoms with Crippen LogP contribution in [0.2, 0.25) is 0 Å². The summed E-state index contributed by atoms with van der Waals surface area (Å²) in [5, 5.41) is 5.31. The summed E-state index contributed by atoms with van der Waals surface area (Å²) < 4.78 is 0. The predicted molar refractivity (Wildman–Crippen MR) is 121 cm³/mol. The number of Topliss-reactive ketones (excluding diaryl/α,β-unsaturated/α-hetero) is 1. The maximum atomic E-state index is 13.3. The van der Waals surface area contributed by atoms with Crippen molar-refractivity contribution in [1.29, 1.82) is 0 Å². The van der Waals surface area contributed by atoms with Crippen LogP contribution in [0.3, 0.4) is 0 Å². The third-order valence-corrected chi connectivity index (χ3v) is 7.07. The highest BCUT2D eigenvalue weighted by Crippen LogP contribution is 2.35. The molecule has 32 heavy (non-hydrogen) atoms. The van der Waals surface area contributed by atoms with Crippen molar-refractivity contribution in [2.75, 3.05) is 5.75 Å². The minimum Gasteiger partial charge on any atom is -0.344 e. The van der Waals surface area contributed by atoms with E-state index in [1.807, 2.05) is 30.3 Å². The Morgan fingerprint density at radius 1 is 1.22 bits per heavy atom. The molecule has 3 amide bonds. The summed E-state index contributed by atoms with van der Waals surface area (Å²) in [4.78, 5) is 62.7. The smallest absolute Gasteiger partial charge is 0.246 e. The Morgan fingerprint density at radius 2 is 1.97 bits per heavy atom. The Bertz CT molecular complexity index is 862. The Kier molecular flexibility index (Phi) is 8.44. The normalized spacial score (nSPS) is 23.6. The molecular formula is C23H29N3O5S. The van der Waals surface area contributed by atoms with Crippen molar-refractivity contribution in [2.45, 2.75) is 68.9 Å². The molecule has 9 heteroatoms. The van der Waals surface area contributed by atoms with Gasteiger partial charge in [-0.2, -0.15) is 0 Å². The second kappa shape index (κ2) is 11.3. The highest BCUT2D eigenvalue weighted by Gasteiger charge is 2.45. The van der Waals surface area contributed by atoms with Gasteiger partial charge in [0.15, 0.2) is 0 Å². The molecule has 0 aliphatic carbocycles. The quantitative estimate of drug-likeness (QED) is 0.537. The molecule has 0 unspecified atom stereocenters. The number of aryl methyl sites for hydroxylation is 1. The Labute approximate surface area is 191 Å². The van der Waals surface area contributed by atoms with Gasteiger partial charge >= 0.3 is 0 Å². The Balaban J connectivity index is 1.62. The molecule has 2 N–H and O–H groups in total. The lowest BCUT2D eigenvalue weighted by molar-refractivity contribution is -0.142. The number of hydrogen-bond donors (Lipinski definition) is 2. The summed E-state index contributed by atoms with van der Waals surface area (Å²) >= 11 is 1.53. The van der Waals surface area contributed by atoms with E-state index in [9.17, 15) is 24.0 Å². The van der Waals surface area contributed by atoms with Crippen molar-refractivity contribution in [3.8, 4) is 0 Å². The SMILES string of the molecule is CC(=O)C[C@@H](C=O)NC(=O)[C@@H]1CS[C@@H]2CCC[C@H](NC(=O)CCc3ccccc3)C(=O)N21. The van der Waals surface area contributed by atoms with Crippen molar-refractivity contribution >= 4 is 41.6 Å². The number of rotatable bonds is 9. The Morgan fingerprint density at radius 3 is 2.66 bits per heavy atom. The molecule has 0 aromatic heterocycles. The van der Waals surface area contributed by atoms with E-state index in [2.05, 4.69) is 10.6 Å². The predicted octanol–water partition coefficient (Wildman–Crippen LogP) is 1.22. The van der Waals surface area contributed by atoms with E-state index in [-0.39, 0.29) is 35.8 Å². The molecule has 0 saturated carbocycles. The molecule has 8 nitrogen and oxygen atoms in total. The summed E-state index contributed by atoms with van der Waals surface area (Å²) in [5.41, 5.74) is 1.05. The van der Waals surface area contributed by atoms with Crippen LogP contribution < -0.4 is 10.6 Å². The number of benzene rings is 1. The number of nitrogens with one attached hydrogen (secondary N) is 2. The lowest BCUT2D eigenvalue weighted by Gasteiger charge is -2.30. The van der Waals surface area contributed by atoms with Crippen molar-refractivity contribution < 1.29 is 24.0 Å². The fraction of sp³-hybridized carbons (Fsp3) is 0.522. The molecule has 1 aromatic carbocycles. The van der Waals surface area contributed by atoms with Gasteiger partial charge in [0, 0.05) is 18.6 Å². The summed E-state index contributed by atoms with van der Waals surface area (Å²) in [5.74, 6) is -0.684. The van der Waals surface area contributed by atoms with E-state index in [1.165, 1.54) is 18.7 Å². The third-order valence-electron chi connectivity index (χ3n) is 5.71. The zero-order valence-electron chi connectivity index (χ0n) is 18.1. The largest absolute Gasteiger partial charge is 0.344 e. The van der Waals surface area contributed by atoms with Gasteiger partial charge in [-0.05, 0) is 38.2 Å². The van der Waals surface area contributed by atoms with E-state index < -0.39 is 24.0 Å². The maximum Gasteiger partial charge on any atom is 0.246 e. The lowest BCUT2D eigenvalue weighted by Crippen LogP contribution is -2.56. The van der Waals surface area contributed by atoms with Crippen LogP contribution in [0.1, 0.15) is 44.6 Å². The van der Waals surface area contributed by atoms with E-state index >= 15 is 0 Å². The average molecular weight is 460 g/mol. The van der Waals surface area contributed by atoms with Crippen molar-refractivity contribution in [3.63, 3.8) is 0 Å². The molecule has 2 heterocycles. The van der Waals surface area contributed by atoms with E-state index in [4.69, 9.17) is 0 Å². The van der Waals surface area contributed by atoms with Crippen LogP contribution in [0.4, 0.5) is 0 Å². The van der Waals surface area contributed by atoms with E-state index in [1.54, 1.807) is 4.90 Å². The van der Waals surface area contributed by atoms with Crippen LogP contribution in [0.5, 0.6) is 0 Å². The highest BCUT2D eigenvalue weighted by molar-refractivity contribution is 8.00. The van der Waals surface area contributed by atoms with Crippen molar-refractivity contribution in [3.05, 3.63) is 35.9 Å². The maximum absolute atomic E-state index is 13.3. The molecule has 1 aromatic rings. The van der Waals surface area contributed by atoms with Crippen molar-refractivity contribution in [2.24, 2.45) is 0 Å². The van der Waals surface area contributed by atoms with Crippen LogP contribution in [0.25, 0.3) is 0 Å². The van der Waals surface area contributed by atoms with Gasteiger partial charge in [-0.15, -0.1) is 11.8 Å². The summed E-state index contributed by atoms with van der Waals surface area (Å²) in [7, 11) is 0. The van der Waals surface area contributed by atoms with Gasteiger partial charge < -0.3 is 20.3 Å². The van der Waals surface area contributed by atoms with Gasteiger partial charge in [0.05, 0.1) is 11.4 Å². The van der Waals surface area contributed by atoms with Crippen LogP contribution in [-0.4, -0.2) is 63.9 Å². The minimum atomic E-state index is -0.903. The van der Waals surface area contributed by atoms with E-state index in [0.717, 1.165) is 18.4 Å². The number of hydrogen-bond acceptors (Lipinski definition) is 6. The molecule has 3 rings (SSSR count). The fourth-order valence-corrected chi connectivity index (χ4v) is 5.57. The molecule has 4 atom stereocenters. The van der Waals surface area contributed by atoms with Gasteiger partial charge in [0.25, 0.3) is 0 Å². The van der Waals surface area contributed by atoms with Crippen LogP contribution in [-0.2, 0) is 30.4 Å². The van der Waals surface area contributed by atoms with Gasteiger partial charge in [0.2, 0.25) is 17.7 Å². The fourth-order valence-electron chi connectivity index (χ4n) is 4.11. The molecule has 2 aliphatic heterocycles. The zero-order valence-corrected chi connectivity index (χ0v) is 18.9. The first kappa shape index (κ1) is 24.0. The number of carbonyl (C=O) groups is 5. The summed E-state index contributed by atoms with van der Waals surface area (Å²) in [6.07, 6.45) is 3.36. The van der Waals surface area contributed by atoms with Gasteiger partial charge in [-0.1, -0.05) is 30.3 Å². The van der Waals surface area contributed by atoms with Gasteiger partial charge in [-0.3, -0.25) is 19.2 Å². The molecular weight excluding hydrogens is 430 g/mol. The summed E-state index contributed by atoms with van der Waals surface area (Å²) in [6, 6.07) is 7.37. The number of ketones is 1. The summed E-state index contributed by atoms with van der Waals surface area (Å²) in [6.45, 7) is 1.35. The van der Waals surface area contributed by atoms with Crippen molar-refractivity contribution in [1.82, 2.24) is 15.5 Å². The van der Waals surface area contributed by atoms with Crippen LogP contribution in [0.15, 0.2) is 30.3 Å². The molecule has 2 saturated heterocycles. The third kappa shape index (κ3) is 6.18. The number of thioether (sulfide) groups is 1. The molecule has 0 spiro atoms. The number of carbonyl (C=O) groups excluding carboxylic acids is 5. The first-order valence-electron chi connectivity index (χ1n) is 10.9. The number of aldehydes is 1. The first-order chi connectivity index (χ1) is 15.4. The van der Waals surface area contributed by atoms with Crippen LogP contribution in [0, 0.1) is 0 Å². The first-order valence-corrected chi connectivity index (χ1v) is 12.0. The Hall–Kier alpha value is -2.68. The van der Waals surface area contributed by atoms with Gasteiger partial charge in [-0.25, -0.2) is 0 Å². The number of amides is 3. The molecule has 0 radical (unpaired) electrons. The highest BCUT2D eigenvalue weighted by atomic mass is 32.2. The standard InChI is InChI=1S/C23H29N3O5S/c1-15(28)12-17(13-27)24-22(30)19-14-32-21-9-5-8-18(23(31)26(19)21)25-20(29)11-10-16-6-3-2-4-7-16/h2-4,6-7,13,17-19,21H,5,8-12,14H2,1H3,(H,24,30)(H,25,29)/t17-,18-,19-,21+/m0/s1. The molecule has 0 bridgehead atoms. The van der Waals surface area contributed by atoms with Gasteiger partial charge in [0.1, 0.15) is 24.2 Å². The molecule has 2 fully saturated rings. The number of nitrogens with zero attached hydrogens (tertiary/aromatic N) is 1. The zero-order chi connectivity index (χ0) is 23.1. The number of fused-ring (bicyclic) bond motifs is 1. The minimum absolute atomic E-state index is 0.0768. The molecule has 172 valence electrons. The van der Waals surface area contributed by atoms with Crippen LogP contribution >= 0.6 is 11.8 Å². The van der Waals surface area contributed by atoms with E-state index in [0.29, 0.717) is 24.9 Å². The second-order valence-corrected chi connectivity index (χ2v) is 9.45. The molecule has 2 aliphatic rings. The lowest BCUT2D eigenvalue weighted by atomic mass is 10.1. The monoisotopic (exact) mass is 459 g/mol. The second-order valence-electron chi connectivity index (χ2n) is 8.24. The topological polar surface area (TPSA) is 113 Å². The average Bonchev–Trinajstić information content (AvgIpc) is 3.14.